The number of rotatable bonds is 4. The van der Waals surface area contributed by atoms with E-state index in [0.29, 0.717) is 22.9 Å². The van der Waals surface area contributed by atoms with Crippen LogP contribution < -0.4 is 24.1 Å². The summed E-state index contributed by atoms with van der Waals surface area (Å²) in [6.07, 6.45) is 0.863. The third-order valence-corrected chi connectivity index (χ3v) is 8.53. The summed E-state index contributed by atoms with van der Waals surface area (Å²) >= 11 is 0. The van der Waals surface area contributed by atoms with Crippen molar-refractivity contribution in [2.45, 2.75) is 58.0 Å². The smallest absolute Gasteiger partial charge is 0.453 e. The van der Waals surface area contributed by atoms with Gasteiger partial charge in [-0.15, -0.1) is 0 Å². The molecule has 0 bridgehead atoms. The van der Waals surface area contributed by atoms with Crippen LogP contribution in [0.15, 0.2) is 42.5 Å². The van der Waals surface area contributed by atoms with Crippen LogP contribution in [-0.2, 0) is 10.1 Å². The first-order valence-electron chi connectivity index (χ1n) is 12.7. The second-order valence-electron chi connectivity index (χ2n) is 10.7. The number of fused-ring (bicyclic) bond motifs is 3. The molecule has 2 aliphatic rings. The molecule has 0 fully saturated rings. The summed E-state index contributed by atoms with van der Waals surface area (Å²) in [4.78, 5) is 0. The van der Waals surface area contributed by atoms with Crippen molar-refractivity contribution in [1.82, 2.24) is 4.58 Å². The van der Waals surface area contributed by atoms with Crippen LogP contribution in [0.2, 0.25) is 0 Å². The lowest BCUT2D eigenvalue weighted by Gasteiger charge is -2.31. The van der Waals surface area contributed by atoms with E-state index in [1.807, 2.05) is 26.0 Å². The highest BCUT2D eigenvalue weighted by Gasteiger charge is 2.50. The van der Waals surface area contributed by atoms with Gasteiger partial charge in [0.1, 0.15) is 12.3 Å². The Morgan fingerprint density at radius 2 is 1.77 bits per heavy atom. The molecule has 0 saturated carbocycles. The minimum absolute atomic E-state index is 0.0790. The van der Waals surface area contributed by atoms with Crippen molar-refractivity contribution < 1.29 is 39.3 Å². The highest BCUT2D eigenvalue weighted by molar-refractivity contribution is 7.88. The Labute approximate surface area is 228 Å². The second-order valence-corrected chi connectivity index (χ2v) is 12.3. The van der Waals surface area contributed by atoms with E-state index in [1.54, 1.807) is 24.3 Å². The monoisotopic (exact) mass is 580 g/mol. The van der Waals surface area contributed by atoms with Gasteiger partial charge in [0.05, 0.1) is 6.07 Å². The normalized spacial score (nSPS) is 18.0. The number of benzene rings is 3. The van der Waals surface area contributed by atoms with Gasteiger partial charge < -0.3 is 8.92 Å². The summed E-state index contributed by atoms with van der Waals surface area (Å²) in [5.74, 6) is -5.32. The van der Waals surface area contributed by atoms with Gasteiger partial charge in [0.25, 0.3) is 0 Å². The molecule has 1 atom stereocenters. The average molecular weight is 581 g/mol. The van der Waals surface area contributed by atoms with E-state index in [1.165, 1.54) is 0 Å². The molecule has 3 aromatic carbocycles. The number of halogens is 5. The molecule has 0 saturated heterocycles. The predicted octanol–water partition coefficient (Wildman–Crippen LogP) is 5.65. The molecule has 0 amide bonds. The van der Waals surface area contributed by atoms with Crippen LogP contribution in [0, 0.1) is 18.6 Å². The molecule has 0 spiro atoms. The van der Waals surface area contributed by atoms with E-state index < -0.39 is 38.8 Å². The first-order chi connectivity index (χ1) is 18.6. The SMILES string of the molecule is CC[N+]1=c2cc3c(cc2C(C)CC1(C)C)=C(c1ccccc1C)c1cc(F)c(OS(=O)(=O)C(F)(F)F)c(F)c1O3. The number of nitrogens with zero attached hydrogens (tertiary/aromatic N) is 1. The van der Waals surface area contributed by atoms with Gasteiger partial charge in [-0.1, -0.05) is 31.2 Å². The van der Waals surface area contributed by atoms with Crippen LogP contribution in [0.4, 0.5) is 22.0 Å². The maximum Gasteiger partial charge on any atom is 0.534 e. The maximum atomic E-state index is 15.7. The minimum atomic E-state index is -6.35. The fourth-order valence-electron chi connectivity index (χ4n) is 5.89. The molecule has 40 heavy (non-hydrogen) atoms. The molecule has 5 nitrogen and oxygen atoms in total. The van der Waals surface area contributed by atoms with Crippen LogP contribution in [0.1, 0.15) is 62.3 Å². The topological polar surface area (TPSA) is 55.6 Å². The van der Waals surface area contributed by atoms with E-state index in [4.69, 9.17) is 4.74 Å². The Kier molecular flexibility index (Phi) is 6.52. The molecule has 2 heterocycles. The first kappa shape index (κ1) is 28.1. The van der Waals surface area contributed by atoms with Crippen molar-refractivity contribution in [3.05, 3.63) is 86.9 Å². The van der Waals surface area contributed by atoms with Crippen LogP contribution in [0.25, 0.3) is 5.57 Å². The van der Waals surface area contributed by atoms with Gasteiger partial charge >= 0.3 is 15.6 Å². The number of aryl methyl sites for hydroxylation is 1. The fourth-order valence-corrected chi connectivity index (χ4v) is 6.36. The summed E-state index contributed by atoms with van der Waals surface area (Å²) < 4.78 is 105. The lowest BCUT2D eigenvalue weighted by Crippen LogP contribution is -2.52. The van der Waals surface area contributed by atoms with Crippen molar-refractivity contribution in [2.75, 3.05) is 6.54 Å². The Balaban J connectivity index is 1.89. The van der Waals surface area contributed by atoms with Gasteiger partial charge in [0.15, 0.2) is 17.1 Å². The molecule has 5 rings (SSSR count). The highest BCUT2D eigenvalue weighted by atomic mass is 32.2. The van der Waals surface area contributed by atoms with Gasteiger partial charge in [0, 0.05) is 28.3 Å². The van der Waals surface area contributed by atoms with E-state index in [0.717, 1.165) is 29.0 Å². The second kappa shape index (κ2) is 9.29. The lowest BCUT2D eigenvalue weighted by atomic mass is 9.81. The Morgan fingerprint density at radius 1 is 1.10 bits per heavy atom. The van der Waals surface area contributed by atoms with Gasteiger partial charge in [-0.25, -0.2) is 8.97 Å². The van der Waals surface area contributed by atoms with Gasteiger partial charge in [-0.2, -0.15) is 26.0 Å². The van der Waals surface area contributed by atoms with Crippen LogP contribution in [-0.4, -0.2) is 26.0 Å². The van der Waals surface area contributed by atoms with Crippen molar-refractivity contribution in [1.29, 1.82) is 0 Å². The van der Waals surface area contributed by atoms with Crippen molar-refractivity contribution >= 4 is 15.7 Å². The molecule has 1 unspecified atom stereocenters. The number of alkyl halides is 3. The zero-order chi connectivity index (χ0) is 29.4. The maximum absolute atomic E-state index is 15.7. The molecule has 0 N–H and O–H groups in total. The zero-order valence-corrected chi connectivity index (χ0v) is 23.2. The Hall–Kier alpha value is -3.47. The average Bonchev–Trinajstić information content (AvgIpc) is 2.84. The third-order valence-electron chi connectivity index (χ3n) is 7.58. The summed E-state index contributed by atoms with van der Waals surface area (Å²) in [5, 5.41) is 1.41. The van der Waals surface area contributed by atoms with E-state index >= 15 is 8.78 Å². The molecule has 212 valence electrons. The van der Waals surface area contributed by atoms with Gasteiger partial charge in [-0.05, 0) is 56.9 Å². The molecular weight excluding hydrogens is 553 g/mol. The van der Waals surface area contributed by atoms with Crippen molar-refractivity contribution in [2.24, 2.45) is 0 Å². The number of hydrogen-bond acceptors (Lipinski definition) is 4. The lowest BCUT2D eigenvalue weighted by molar-refractivity contribution is -0.0502. The number of hydrogen-bond donors (Lipinski definition) is 0. The summed E-state index contributed by atoms with van der Waals surface area (Å²) in [6.45, 7) is 10.8. The minimum Gasteiger partial charge on any atom is -0.453 e. The summed E-state index contributed by atoms with van der Waals surface area (Å²) in [7, 11) is -6.35. The first-order valence-corrected chi connectivity index (χ1v) is 14.1. The van der Waals surface area contributed by atoms with Crippen molar-refractivity contribution in [3.63, 3.8) is 0 Å². The molecule has 3 aromatic rings. The molecular formula is C29H27F5NO4S+. The zero-order valence-electron chi connectivity index (χ0n) is 22.4. The Bertz CT molecular complexity index is 1800. The third kappa shape index (κ3) is 4.34. The predicted molar refractivity (Wildman–Crippen MR) is 139 cm³/mol. The summed E-state index contributed by atoms with van der Waals surface area (Å²) in [6, 6.07) is 11.6. The van der Waals surface area contributed by atoms with E-state index in [9.17, 15) is 21.6 Å². The molecule has 11 heteroatoms. The molecule has 2 aliphatic heterocycles. The fraction of sp³-hybridized carbons (Fsp3) is 0.345. The molecule has 0 aromatic heterocycles. The van der Waals surface area contributed by atoms with Gasteiger partial charge in [0.2, 0.25) is 16.9 Å². The number of ether oxygens (including phenoxy) is 1. The van der Waals surface area contributed by atoms with E-state index in [2.05, 4.69) is 29.5 Å². The Morgan fingerprint density at radius 3 is 2.40 bits per heavy atom. The van der Waals surface area contributed by atoms with Crippen LogP contribution >= 0.6 is 0 Å². The standard InChI is InChI=1S/C29H27F5NO4S/c1-6-35-22-13-23-19(11-18(22)16(3)14-28(35,4)5)24(17-10-8-7-9-15(17)2)20-12-21(30)27(25(31)26(20)38-23)39-40(36,37)29(32,33)34/h7-13,16H,6,14H2,1-5H3/q+1. The highest BCUT2D eigenvalue weighted by Crippen LogP contribution is 2.44. The largest absolute Gasteiger partial charge is 0.534 e. The van der Waals surface area contributed by atoms with Crippen molar-refractivity contribution in [3.8, 4) is 17.2 Å². The quantitative estimate of drug-likeness (QED) is 0.136. The van der Waals surface area contributed by atoms with Gasteiger partial charge in [-0.3, -0.25) is 0 Å². The summed E-state index contributed by atoms with van der Waals surface area (Å²) in [5.41, 5.74) is -3.34. The van der Waals surface area contributed by atoms with Crippen LogP contribution in [0.3, 0.4) is 0 Å². The van der Waals surface area contributed by atoms with E-state index in [-0.39, 0.29) is 22.8 Å². The van der Waals surface area contributed by atoms with Crippen LogP contribution in [0.5, 0.6) is 17.2 Å². The molecule has 0 radical (unpaired) electrons. The molecule has 0 aliphatic carbocycles.